The average molecular weight is 446 g/mol. The van der Waals surface area contributed by atoms with E-state index in [0.29, 0.717) is 23.5 Å². The maximum atomic E-state index is 12.5. The maximum Gasteiger partial charge on any atom is 0.255 e. The molecule has 0 saturated heterocycles. The van der Waals surface area contributed by atoms with E-state index in [1.54, 1.807) is 24.3 Å². The van der Waals surface area contributed by atoms with Crippen molar-refractivity contribution in [2.45, 2.75) is 6.54 Å². The summed E-state index contributed by atoms with van der Waals surface area (Å²) in [5.74, 6) is -0.216. The second-order valence-electron chi connectivity index (χ2n) is 7.98. The normalized spacial score (nSPS) is 10.7. The lowest BCUT2D eigenvalue weighted by molar-refractivity contribution is 0.102. The molecule has 0 unspecified atom stereocenters. The van der Waals surface area contributed by atoms with Gasteiger partial charge >= 0.3 is 0 Å². The van der Waals surface area contributed by atoms with E-state index in [1.807, 2.05) is 53.3 Å². The summed E-state index contributed by atoms with van der Waals surface area (Å²) in [4.78, 5) is 12.5. The van der Waals surface area contributed by atoms with Crippen LogP contribution in [0, 0.1) is 0 Å². The third-order valence-corrected chi connectivity index (χ3v) is 5.60. The Balaban J connectivity index is 1.25. The lowest BCUT2D eigenvalue weighted by Gasteiger charge is -2.08. The second-order valence-corrected chi connectivity index (χ2v) is 7.98. The molecule has 0 saturated carbocycles. The van der Waals surface area contributed by atoms with Gasteiger partial charge in [0.2, 0.25) is 0 Å². The number of hydrogen-bond acceptors (Lipinski definition) is 4. The van der Waals surface area contributed by atoms with Crippen molar-refractivity contribution in [2.24, 2.45) is 0 Å². The van der Waals surface area contributed by atoms with Gasteiger partial charge in [-0.05, 0) is 41.0 Å². The van der Waals surface area contributed by atoms with Crippen LogP contribution in [0.3, 0.4) is 0 Å². The Labute approximate surface area is 197 Å². The third-order valence-electron chi connectivity index (χ3n) is 5.60. The Kier molecular flexibility index (Phi) is 5.86. The largest absolute Gasteiger partial charge is 0.397 e. The number of hydrogen-bond donors (Lipinski definition) is 2. The molecule has 0 fully saturated rings. The Morgan fingerprint density at radius 2 is 1.41 bits per heavy atom. The summed E-state index contributed by atoms with van der Waals surface area (Å²) >= 11 is 0. The first-order valence-electron chi connectivity index (χ1n) is 11.0. The lowest BCUT2D eigenvalue weighted by Crippen LogP contribution is -2.12. The van der Waals surface area contributed by atoms with Crippen LogP contribution < -0.4 is 11.1 Å². The van der Waals surface area contributed by atoms with Crippen molar-refractivity contribution >= 4 is 17.3 Å². The molecule has 1 aromatic heterocycles. The fraction of sp³-hybridized carbons (Fsp3) is 0.0357. The maximum absolute atomic E-state index is 12.5. The van der Waals surface area contributed by atoms with Crippen LogP contribution in [0.15, 0.2) is 109 Å². The molecule has 6 heteroatoms. The van der Waals surface area contributed by atoms with Gasteiger partial charge in [0.1, 0.15) is 5.69 Å². The van der Waals surface area contributed by atoms with Crippen molar-refractivity contribution in [1.29, 1.82) is 0 Å². The number of nitrogens with two attached hydrogens (primary N) is 1. The molecule has 3 N–H and O–H groups in total. The molecule has 0 aliphatic heterocycles. The van der Waals surface area contributed by atoms with Gasteiger partial charge in [-0.25, -0.2) is 4.68 Å². The second kappa shape index (κ2) is 9.42. The Bertz CT molecular complexity index is 1410. The summed E-state index contributed by atoms with van der Waals surface area (Å²) in [5.41, 5.74) is 12.7. The van der Waals surface area contributed by atoms with Crippen molar-refractivity contribution in [3.8, 4) is 22.4 Å². The summed E-state index contributed by atoms with van der Waals surface area (Å²) in [5, 5.41) is 11.4. The quantitative estimate of drug-likeness (QED) is 0.338. The number of anilines is 2. The number of benzene rings is 4. The molecule has 6 nitrogen and oxygen atoms in total. The highest BCUT2D eigenvalue weighted by atomic mass is 16.1. The van der Waals surface area contributed by atoms with Crippen LogP contribution in [0.1, 0.15) is 15.9 Å². The first kappa shape index (κ1) is 21.2. The number of carbonyl (C=O) groups is 1. The zero-order valence-corrected chi connectivity index (χ0v) is 18.4. The summed E-state index contributed by atoms with van der Waals surface area (Å²) < 4.78 is 1.81. The monoisotopic (exact) mass is 445 g/mol. The number of nitrogens with zero attached hydrogens (tertiary/aromatic N) is 3. The number of nitrogen functional groups attached to an aromatic ring is 1. The number of carbonyl (C=O) groups excluding carboxylic acids is 1. The SMILES string of the molecule is Nc1ccccc1NC(=O)c1ccc(-c2cn(Cc3ccc(-c4ccccc4)cc3)nn2)cc1. The smallest absolute Gasteiger partial charge is 0.255 e. The van der Waals surface area contributed by atoms with E-state index in [9.17, 15) is 4.79 Å². The molecule has 0 spiro atoms. The topological polar surface area (TPSA) is 85.8 Å². The highest BCUT2D eigenvalue weighted by Gasteiger charge is 2.10. The molecule has 4 aromatic carbocycles. The molecule has 5 rings (SSSR count). The van der Waals surface area contributed by atoms with Crippen LogP contribution >= 0.6 is 0 Å². The third kappa shape index (κ3) is 4.71. The summed E-state index contributed by atoms with van der Waals surface area (Å²) in [6, 6.07) is 33.2. The summed E-state index contributed by atoms with van der Waals surface area (Å²) in [6.07, 6.45) is 1.91. The van der Waals surface area contributed by atoms with E-state index >= 15 is 0 Å². The van der Waals surface area contributed by atoms with Gasteiger partial charge in [0.25, 0.3) is 5.91 Å². The molecule has 166 valence electrons. The lowest BCUT2D eigenvalue weighted by atomic mass is 10.0. The number of nitrogens with one attached hydrogen (secondary N) is 1. The Hall–Kier alpha value is -4.71. The van der Waals surface area contributed by atoms with E-state index in [2.05, 4.69) is 52.0 Å². The first-order valence-corrected chi connectivity index (χ1v) is 11.0. The highest BCUT2D eigenvalue weighted by Crippen LogP contribution is 2.22. The molecule has 0 bridgehead atoms. The van der Waals surface area contributed by atoms with Crippen LogP contribution in [0.2, 0.25) is 0 Å². The van der Waals surface area contributed by atoms with Gasteiger partial charge in [-0.1, -0.05) is 84.1 Å². The predicted molar refractivity (Wildman–Crippen MR) is 135 cm³/mol. The van der Waals surface area contributed by atoms with Crippen molar-refractivity contribution < 1.29 is 4.79 Å². The fourth-order valence-corrected chi connectivity index (χ4v) is 3.73. The first-order chi connectivity index (χ1) is 16.7. The Morgan fingerprint density at radius 3 is 2.15 bits per heavy atom. The molecule has 0 atom stereocenters. The molecule has 0 radical (unpaired) electrons. The zero-order chi connectivity index (χ0) is 23.3. The van der Waals surface area contributed by atoms with E-state index in [1.165, 1.54) is 11.1 Å². The average Bonchev–Trinajstić information content (AvgIpc) is 3.35. The van der Waals surface area contributed by atoms with Gasteiger partial charge in [-0.2, -0.15) is 0 Å². The zero-order valence-electron chi connectivity index (χ0n) is 18.4. The molecular weight excluding hydrogens is 422 g/mol. The minimum absolute atomic E-state index is 0.216. The van der Waals surface area contributed by atoms with Crippen molar-refractivity contribution in [1.82, 2.24) is 15.0 Å². The van der Waals surface area contributed by atoms with Crippen LogP contribution in [0.4, 0.5) is 11.4 Å². The number of rotatable bonds is 6. The van der Waals surface area contributed by atoms with Gasteiger partial charge in [-0.15, -0.1) is 5.10 Å². The van der Waals surface area contributed by atoms with Gasteiger partial charge in [0.05, 0.1) is 24.1 Å². The van der Waals surface area contributed by atoms with Gasteiger partial charge in [-0.3, -0.25) is 4.79 Å². The predicted octanol–water partition coefficient (Wildman–Crippen LogP) is 5.49. The molecular formula is C28H23N5O. The molecule has 5 aromatic rings. The molecule has 34 heavy (non-hydrogen) atoms. The highest BCUT2D eigenvalue weighted by molar-refractivity contribution is 6.05. The molecule has 1 amide bonds. The van der Waals surface area contributed by atoms with Crippen LogP contribution in [0.25, 0.3) is 22.4 Å². The number of para-hydroxylation sites is 2. The van der Waals surface area contributed by atoms with E-state index in [0.717, 1.165) is 16.8 Å². The van der Waals surface area contributed by atoms with Gasteiger partial charge in [0, 0.05) is 11.1 Å². The number of aromatic nitrogens is 3. The number of amides is 1. The molecule has 0 aliphatic carbocycles. The van der Waals surface area contributed by atoms with E-state index < -0.39 is 0 Å². The van der Waals surface area contributed by atoms with E-state index in [-0.39, 0.29) is 5.91 Å². The minimum atomic E-state index is -0.216. The van der Waals surface area contributed by atoms with E-state index in [4.69, 9.17) is 5.73 Å². The molecule has 1 heterocycles. The van der Waals surface area contributed by atoms with Crippen molar-refractivity contribution in [3.63, 3.8) is 0 Å². The van der Waals surface area contributed by atoms with Gasteiger partial charge < -0.3 is 11.1 Å². The van der Waals surface area contributed by atoms with Crippen LogP contribution in [-0.4, -0.2) is 20.9 Å². The molecule has 0 aliphatic rings. The summed E-state index contributed by atoms with van der Waals surface area (Å²) in [7, 11) is 0. The minimum Gasteiger partial charge on any atom is -0.397 e. The summed E-state index contributed by atoms with van der Waals surface area (Å²) in [6.45, 7) is 0.626. The van der Waals surface area contributed by atoms with Crippen LogP contribution in [0.5, 0.6) is 0 Å². The Morgan fingerprint density at radius 1 is 0.765 bits per heavy atom. The van der Waals surface area contributed by atoms with Crippen LogP contribution in [-0.2, 0) is 6.54 Å². The standard InChI is InChI=1S/C28H23N5O/c29-25-8-4-5-9-26(25)30-28(34)24-16-14-23(15-17-24)27-19-33(32-31-27)18-20-10-12-22(13-11-20)21-6-2-1-3-7-21/h1-17,19H,18,29H2,(H,30,34). The fourth-order valence-electron chi connectivity index (χ4n) is 3.73. The van der Waals surface area contributed by atoms with Gasteiger partial charge in [0.15, 0.2) is 0 Å². The van der Waals surface area contributed by atoms with Crippen molar-refractivity contribution in [3.05, 3.63) is 120 Å². The van der Waals surface area contributed by atoms with Crippen molar-refractivity contribution in [2.75, 3.05) is 11.1 Å².